The highest BCUT2D eigenvalue weighted by atomic mass is 35.5. The van der Waals surface area contributed by atoms with Crippen LogP contribution in [0.2, 0.25) is 5.02 Å². The second-order valence-corrected chi connectivity index (χ2v) is 9.13. The van der Waals surface area contributed by atoms with Gasteiger partial charge in [-0.1, -0.05) is 29.8 Å². The van der Waals surface area contributed by atoms with Crippen molar-refractivity contribution >= 4 is 62.6 Å². The molecule has 2 N–H and O–H groups in total. The normalized spacial score (nSPS) is 13.0. The molecule has 0 saturated heterocycles. The molecule has 0 radical (unpaired) electrons. The number of hydrogen-bond donors (Lipinski definition) is 2. The van der Waals surface area contributed by atoms with E-state index in [4.69, 9.17) is 25.2 Å². The fraction of sp³-hybridized carbons (Fsp3) is 0.0952. The van der Waals surface area contributed by atoms with Crippen molar-refractivity contribution in [1.29, 1.82) is 0 Å². The summed E-state index contributed by atoms with van der Waals surface area (Å²) >= 11 is 2.50. The zero-order valence-corrected chi connectivity index (χ0v) is 19.0. The van der Waals surface area contributed by atoms with Crippen LogP contribution in [0.25, 0.3) is 11.0 Å². The Morgan fingerprint density at radius 1 is 1.03 bits per heavy atom. The number of rotatable bonds is 8. The summed E-state index contributed by atoms with van der Waals surface area (Å²) < 4.78 is 46.9. The van der Waals surface area contributed by atoms with Crippen LogP contribution >= 0.6 is 11.6 Å². The molecule has 4 rings (SSSR count). The molecule has 0 saturated carbocycles. The number of furan rings is 2. The summed E-state index contributed by atoms with van der Waals surface area (Å²) in [6, 6.07) is 15.0. The standard InChI is InChI=1S/C21H17ClN2O6S2/c1-2-28-21(25)14-10-19(29-12-14)31(26)23-16-8-7-15(22)11-17(16)24-32(27)20-9-13-5-3-4-6-18(13)30-20/h3-12,23-24H,2H2,1H3. The lowest BCUT2D eigenvalue weighted by Crippen LogP contribution is -2.17. The maximum absolute atomic E-state index is 12.8. The molecule has 32 heavy (non-hydrogen) atoms. The fourth-order valence-corrected chi connectivity index (χ4v) is 4.66. The Morgan fingerprint density at radius 3 is 2.56 bits per heavy atom. The van der Waals surface area contributed by atoms with Gasteiger partial charge in [-0.2, -0.15) is 9.44 Å². The predicted octanol–water partition coefficient (Wildman–Crippen LogP) is 5.13. The topological polar surface area (TPSA) is 123 Å². The van der Waals surface area contributed by atoms with E-state index in [-0.39, 0.29) is 22.4 Å². The van der Waals surface area contributed by atoms with E-state index < -0.39 is 28.7 Å². The largest absolute Gasteiger partial charge is 0.585 e. The number of esters is 1. The molecular weight excluding hydrogens is 476 g/mol. The van der Waals surface area contributed by atoms with Crippen molar-refractivity contribution < 1.29 is 27.5 Å². The second-order valence-electron chi connectivity index (χ2n) is 6.41. The molecule has 2 unspecified atom stereocenters. The van der Waals surface area contributed by atoms with Gasteiger partial charge >= 0.3 is 16.2 Å². The highest BCUT2D eigenvalue weighted by Crippen LogP contribution is 2.31. The van der Waals surface area contributed by atoms with Gasteiger partial charge in [0.2, 0.25) is 0 Å². The van der Waals surface area contributed by atoms with Gasteiger partial charge in [0.25, 0.3) is 0 Å². The molecule has 2 atom stereocenters. The van der Waals surface area contributed by atoms with Crippen LogP contribution in [0.15, 0.2) is 79.9 Å². The Balaban J connectivity index is 1.52. The predicted molar refractivity (Wildman–Crippen MR) is 122 cm³/mol. The summed E-state index contributed by atoms with van der Waals surface area (Å²) in [5.74, 6) is -0.574. The quantitative estimate of drug-likeness (QED) is 0.256. The van der Waals surface area contributed by atoms with Gasteiger partial charge in [-0.25, -0.2) is 4.79 Å². The summed E-state index contributed by atoms with van der Waals surface area (Å²) in [5, 5.41) is 1.45. The van der Waals surface area contributed by atoms with E-state index in [1.165, 1.54) is 18.4 Å². The van der Waals surface area contributed by atoms with Crippen LogP contribution in [-0.2, 0) is 27.5 Å². The van der Waals surface area contributed by atoms with Crippen LogP contribution in [0.1, 0.15) is 17.3 Å². The van der Waals surface area contributed by atoms with Gasteiger partial charge in [0.1, 0.15) is 51.5 Å². The van der Waals surface area contributed by atoms with E-state index in [2.05, 4.69) is 9.44 Å². The first kappa shape index (κ1) is 22.4. The average molecular weight is 493 g/mol. The van der Waals surface area contributed by atoms with Crippen molar-refractivity contribution in [2.24, 2.45) is 0 Å². The Morgan fingerprint density at radius 2 is 1.78 bits per heavy atom. The molecule has 2 aromatic carbocycles. The molecule has 11 heteroatoms. The summed E-state index contributed by atoms with van der Waals surface area (Å²) in [7, 11) is 0. The smallest absolute Gasteiger partial charge is 0.341 e. The molecule has 166 valence electrons. The lowest BCUT2D eigenvalue weighted by atomic mass is 10.3. The lowest BCUT2D eigenvalue weighted by Gasteiger charge is -2.14. The van der Waals surface area contributed by atoms with Gasteiger partial charge in [0, 0.05) is 16.5 Å². The SMILES string of the molecule is CCOC(=O)c1coc([S+]([O-])Nc2ccc(Cl)cc2N[S+]([O-])c2cc3ccccc3o2)c1. The van der Waals surface area contributed by atoms with E-state index >= 15 is 0 Å². The number of carbonyl (C=O) groups is 1. The molecule has 2 aromatic heterocycles. The van der Waals surface area contributed by atoms with Crippen molar-refractivity contribution in [3.8, 4) is 0 Å². The van der Waals surface area contributed by atoms with Crippen molar-refractivity contribution in [1.82, 2.24) is 0 Å². The summed E-state index contributed by atoms with van der Waals surface area (Å²) in [6.45, 7) is 1.89. The van der Waals surface area contributed by atoms with Gasteiger partial charge in [0.05, 0.1) is 12.7 Å². The highest BCUT2D eigenvalue weighted by molar-refractivity contribution is 7.93. The number of halogens is 1. The van der Waals surface area contributed by atoms with Gasteiger partial charge in [-0.05, 0) is 31.2 Å². The number of anilines is 2. The number of nitrogens with one attached hydrogen (secondary N) is 2. The average Bonchev–Trinajstić information content (AvgIpc) is 3.43. The van der Waals surface area contributed by atoms with Crippen LogP contribution in [-0.4, -0.2) is 21.7 Å². The Labute approximate surface area is 194 Å². The molecule has 0 aliphatic heterocycles. The van der Waals surface area contributed by atoms with Gasteiger partial charge in [0.15, 0.2) is 0 Å². The zero-order valence-electron chi connectivity index (χ0n) is 16.6. The molecule has 0 aliphatic carbocycles. The van der Waals surface area contributed by atoms with Crippen LogP contribution in [0.4, 0.5) is 11.4 Å². The van der Waals surface area contributed by atoms with E-state index in [1.54, 1.807) is 31.2 Å². The third kappa shape index (κ3) is 5.00. The number of para-hydroxylation sites is 1. The van der Waals surface area contributed by atoms with Crippen LogP contribution in [0.3, 0.4) is 0 Å². The Kier molecular flexibility index (Phi) is 6.87. The van der Waals surface area contributed by atoms with Crippen molar-refractivity contribution in [2.75, 3.05) is 16.1 Å². The molecule has 0 bridgehead atoms. The Bertz CT molecular complexity index is 1210. The minimum absolute atomic E-state index is 0.0207. The molecule has 8 nitrogen and oxygen atoms in total. The van der Waals surface area contributed by atoms with Gasteiger partial charge in [-0.3, -0.25) is 0 Å². The molecule has 2 heterocycles. The highest BCUT2D eigenvalue weighted by Gasteiger charge is 2.24. The maximum Gasteiger partial charge on any atom is 0.341 e. The van der Waals surface area contributed by atoms with Crippen LogP contribution in [0.5, 0.6) is 0 Å². The Hall–Kier alpha value is -2.76. The number of fused-ring (bicyclic) bond motifs is 1. The van der Waals surface area contributed by atoms with E-state index in [9.17, 15) is 13.9 Å². The molecule has 0 spiro atoms. The van der Waals surface area contributed by atoms with E-state index in [1.807, 2.05) is 18.2 Å². The molecule has 0 aliphatic rings. The monoisotopic (exact) mass is 492 g/mol. The number of ether oxygens (including phenoxy) is 1. The van der Waals surface area contributed by atoms with Crippen molar-refractivity contribution in [3.63, 3.8) is 0 Å². The summed E-state index contributed by atoms with van der Waals surface area (Å²) in [4.78, 5) is 11.8. The third-order valence-electron chi connectivity index (χ3n) is 4.24. The molecule has 0 amide bonds. The van der Waals surface area contributed by atoms with Gasteiger partial charge < -0.3 is 22.7 Å². The molecule has 4 aromatic rings. The number of benzene rings is 2. The van der Waals surface area contributed by atoms with E-state index in [0.29, 0.717) is 22.0 Å². The second kappa shape index (κ2) is 9.80. The van der Waals surface area contributed by atoms with Crippen LogP contribution in [0, 0.1) is 0 Å². The number of hydrogen-bond acceptors (Lipinski definition) is 8. The molecule has 0 fully saturated rings. The van der Waals surface area contributed by atoms with Crippen molar-refractivity contribution in [3.05, 3.63) is 71.4 Å². The summed E-state index contributed by atoms with van der Waals surface area (Å²) in [5.41, 5.74) is 1.45. The first-order valence-electron chi connectivity index (χ1n) is 9.35. The van der Waals surface area contributed by atoms with Gasteiger partial charge in [-0.15, -0.1) is 0 Å². The van der Waals surface area contributed by atoms with E-state index in [0.717, 1.165) is 5.39 Å². The van der Waals surface area contributed by atoms with Crippen molar-refractivity contribution in [2.45, 2.75) is 17.1 Å². The molecular formula is C21H17ClN2O6S2. The lowest BCUT2D eigenvalue weighted by molar-refractivity contribution is 0.0525. The zero-order chi connectivity index (χ0) is 22.7. The first-order valence-corrected chi connectivity index (χ1v) is 12.0. The minimum atomic E-state index is -1.85. The first-order chi connectivity index (χ1) is 15.4. The third-order valence-corrected chi connectivity index (χ3v) is 6.43. The van der Waals surface area contributed by atoms with Crippen LogP contribution < -0.4 is 9.44 Å². The minimum Gasteiger partial charge on any atom is -0.585 e. The summed E-state index contributed by atoms with van der Waals surface area (Å²) in [6.07, 6.45) is 1.17. The number of carbonyl (C=O) groups excluding carboxylic acids is 1. The maximum atomic E-state index is 12.8. The fourth-order valence-electron chi connectivity index (χ4n) is 2.77.